The van der Waals surface area contributed by atoms with Gasteiger partial charge in [0.05, 0.1) is 0 Å². The van der Waals surface area contributed by atoms with Crippen molar-refractivity contribution >= 4 is 0 Å². The molecule has 0 amide bonds. The Bertz CT molecular complexity index is 213. The highest BCUT2D eigenvalue weighted by Gasteiger charge is 2.00. The van der Waals surface area contributed by atoms with Gasteiger partial charge in [-0.05, 0) is 18.1 Å². The van der Waals surface area contributed by atoms with Gasteiger partial charge in [-0.2, -0.15) is 0 Å². The van der Waals surface area contributed by atoms with E-state index in [9.17, 15) is 0 Å². The minimum absolute atomic E-state index is 0.646. The van der Waals surface area contributed by atoms with Crippen LogP contribution in [0.5, 0.6) is 0 Å². The van der Waals surface area contributed by atoms with Crippen LogP contribution in [0.4, 0.5) is 0 Å². The maximum absolute atomic E-state index is 5.55. The first kappa shape index (κ1) is 7.35. The molecule has 0 aliphatic heterocycles. The molecule has 2 heteroatoms. The number of hydrogen-bond donors (Lipinski definition) is 1. The minimum atomic E-state index is 0.646. The number of aryl methyl sites for hydroxylation is 2. The van der Waals surface area contributed by atoms with Crippen molar-refractivity contribution < 1.29 is 0 Å². The Hall–Kier alpha value is -0.760. The normalized spacial score (nSPS) is 10.3. The van der Waals surface area contributed by atoms with Gasteiger partial charge < -0.3 is 10.3 Å². The molecule has 10 heavy (non-hydrogen) atoms. The number of nitrogens with zero attached hydrogens (tertiary/aromatic N) is 1. The summed E-state index contributed by atoms with van der Waals surface area (Å²) in [5.74, 6) is 0. The van der Waals surface area contributed by atoms with Crippen molar-refractivity contribution in [3.63, 3.8) is 0 Å². The van der Waals surface area contributed by atoms with Gasteiger partial charge >= 0.3 is 0 Å². The summed E-state index contributed by atoms with van der Waals surface area (Å²) in [5.41, 5.74) is 8.17. The molecule has 0 atom stereocenters. The summed E-state index contributed by atoms with van der Waals surface area (Å²) in [6, 6.07) is 2.13. The summed E-state index contributed by atoms with van der Waals surface area (Å²) in [5, 5.41) is 0. The van der Waals surface area contributed by atoms with Gasteiger partial charge in [-0.15, -0.1) is 0 Å². The van der Waals surface area contributed by atoms with Crippen molar-refractivity contribution in [2.75, 3.05) is 0 Å². The second-order valence-electron chi connectivity index (χ2n) is 2.46. The van der Waals surface area contributed by atoms with E-state index in [1.165, 1.54) is 11.3 Å². The van der Waals surface area contributed by atoms with Gasteiger partial charge in [-0.1, -0.05) is 6.92 Å². The van der Waals surface area contributed by atoms with Gasteiger partial charge in [-0.25, -0.2) is 0 Å². The summed E-state index contributed by atoms with van der Waals surface area (Å²) in [7, 11) is 2.03. The second-order valence-corrected chi connectivity index (χ2v) is 2.46. The summed E-state index contributed by atoms with van der Waals surface area (Å²) in [4.78, 5) is 0. The smallest absolute Gasteiger partial charge is 0.0341 e. The van der Waals surface area contributed by atoms with Crippen LogP contribution in [0.25, 0.3) is 0 Å². The van der Waals surface area contributed by atoms with Gasteiger partial charge in [0.1, 0.15) is 0 Å². The summed E-state index contributed by atoms with van der Waals surface area (Å²) in [6.07, 6.45) is 3.13. The highest BCUT2D eigenvalue weighted by Crippen LogP contribution is 2.08. The van der Waals surface area contributed by atoms with E-state index in [-0.39, 0.29) is 0 Å². The second kappa shape index (κ2) is 2.88. The molecule has 1 heterocycles. The summed E-state index contributed by atoms with van der Waals surface area (Å²) < 4.78 is 2.08. The van der Waals surface area contributed by atoms with E-state index in [1.54, 1.807) is 0 Å². The van der Waals surface area contributed by atoms with Crippen molar-refractivity contribution in [1.82, 2.24) is 4.57 Å². The van der Waals surface area contributed by atoms with Gasteiger partial charge in [0, 0.05) is 25.5 Å². The van der Waals surface area contributed by atoms with Gasteiger partial charge in [0.15, 0.2) is 0 Å². The Kier molecular flexibility index (Phi) is 2.12. The zero-order chi connectivity index (χ0) is 7.56. The van der Waals surface area contributed by atoms with Gasteiger partial charge in [0.2, 0.25) is 0 Å². The van der Waals surface area contributed by atoms with Crippen LogP contribution < -0.4 is 5.73 Å². The molecule has 0 unspecified atom stereocenters. The Labute approximate surface area is 61.7 Å². The third kappa shape index (κ3) is 1.07. The van der Waals surface area contributed by atoms with E-state index < -0.39 is 0 Å². The quantitative estimate of drug-likeness (QED) is 0.650. The molecular formula is C8H14N2. The molecule has 1 aromatic heterocycles. The fraction of sp³-hybridized carbons (Fsp3) is 0.500. The van der Waals surface area contributed by atoms with Crippen LogP contribution in [0.2, 0.25) is 0 Å². The first-order valence-electron chi connectivity index (χ1n) is 3.62. The molecule has 0 saturated heterocycles. The van der Waals surface area contributed by atoms with Crippen molar-refractivity contribution in [3.8, 4) is 0 Å². The molecule has 1 rings (SSSR count). The number of nitrogens with two attached hydrogens (primary N) is 1. The highest BCUT2D eigenvalue weighted by molar-refractivity contribution is 5.21. The standard InChI is InChI=1S/C8H14N2/c1-3-7-4-5-10(2)8(7)6-9/h4-5H,3,6,9H2,1-2H3. The predicted molar refractivity (Wildman–Crippen MR) is 42.7 cm³/mol. The van der Waals surface area contributed by atoms with E-state index in [4.69, 9.17) is 5.73 Å². The van der Waals surface area contributed by atoms with Crippen molar-refractivity contribution in [1.29, 1.82) is 0 Å². The Morgan fingerprint density at radius 2 is 2.30 bits per heavy atom. The van der Waals surface area contributed by atoms with Crippen LogP contribution in [0, 0.1) is 0 Å². The number of hydrogen-bond acceptors (Lipinski definition) is 1. The van der Waals surface area contributed by atoms with Crippen molar-refractivity contribution in [2.24, 2.45) is 12.8 Å². The first-order chi connectivity index (χ1) is 4.79. The maximum Gasteiger partial charge on any atom is 0.0341 e. The lowest BCUT2D eigenvalue weighted by atomic mass is 10.2. The monoisotopic (exact) mass is 138 g/mol. The molecule has 2 N–H and O–H groups in total. The molecule has 0 saturated carbocycles. The van der Waals surface area contributed by atoms with E-state index in [2.05, 4.69) is 23.8 Å². The van der Waals surface area contributed by atoms with Crippen molar-refractivity contribution in [3.05, 3.63) is 23.5 Å². The minimum Gasteiger partial charge on any atom is -0.353 e. The fourth-order valence-corrected chi connectivity index (χ4v) is 1.21. The topological polar surface area (TPSA) is 30.9 Å². The molecule has 0 fully saturated rings. The Morgan fingerprint density at radius 1 is 1.60 bits per heavy atom. The zero-order valence-electron chi connectivity index (χ0n) is 6.59. The lowest BCUT2D eigenvalue weighted by Gasteiger charge is -2.01. The lowest BCUT2D eigenvalue weighted by Crippen LogP contribution is -2.04. The largest absolute Gasteiger partial charge is 0.353 e. The molecule has 0 radical (unpaired) electrons. The molecule has 0 spiro atoms. The van der Waals surface area contributed by atoms with Gasteiger partial charge in [0.25, 0.3) is 0 Å². The summed E-state index contributed by atoms with van der Waals surface area (Å²) in [6.45, 7) is 2.79. The highest BCUT2D eigenvalue weighted by atomic mass is 14.9. The summed E-state index contributed by atoms with van der Waals surface area (Å²) >= 11 is 0. The van der Waals surface area contributed by atoms with Crippen LogP contribution in [-0.4, -0.2) is 4.57 Å². The van der Waals surface area contributed by atoms with Crippen LogP contribution >= 0.6 is 0 Å². The molecule has 0 aromatic carbocycles. The van der Waals surface area contributed by atoms with E-state index in [1.807, 2.05) is 7.05 Å². The van der Waals surface area contributed by atoms with E-state index in [0.717, 1.165) is 6.42 Å². The SMILES string of the molecule is CCc1ccn(C)c1CN. The Morgan fingerprint density at radius 3 is 2.70 bits per heavy atom. The lowest BCUT2D eigenvalue weighted by molar-refractivity contribution is 0.810. The van der Waals surface area contributed by atoms with E-state index in [0.29, 0.717) is 6.54 Å². The van der Waals surface area contributed by atoms with Crippen LogP contribution in [-0.2, 0) is 20.0 Å². The predicted octanol–water partition coefficient (Wildman–Crippen LogP) is 1.05. The maximum atomic E-state index is 5.55. The zero-order valence-corrected chi connectivity index (χ0v) is 6.59. The van der Waals surface area contributed by atoms with Crippen LogP contribution in [0.1, 0.15) is 18.2 Å². The third-order valence-electron chi connectivity index (χ3n) is 1.87. The molecular weight excluding hydrogens is 124 g/mol. The first-order valence-corrected chi connectivity index (χ1v) is 3.62. The Balaban J connectivity index is 3.01. The van der Waals surface area contributed by atoms with Crippen molar-refractivity contribution in [2.45, 2.75) is 19.9 Å². The molecule has 0 bridgehead atoms. The molecule has 1 aromatic rings. The van der Waals surface area contributed by atoms with Crippen LogP contribution in [0.15, 0.2) is 12.3 Å². The molecule has 0 aliphatic rings. The average molecular weight is 138 g/mol. The number of aromatic nitrogens is 1. The van der Waals surface area contributed by atoms with E-state index >= 15 is 0 Å². The molecule has 2 nitrogen and oxygen atoms in total. The fourth-order valence-electron chi connectivity index (χ4n) is 1.21. The molecule has 0 aliphatic carbocycles. The van der Waals surface area contributed by atoms with Gasteiger partial charge in [-0.3, -0.25) is 0 Å². The molecule has 56 valence electrons. The van der Waals surface area contributed by atoms with Crippen LogP contribution in [0.3, 0.4) is 0 Å². The third-order valence-corrected chi connectivity index (χ3v) is 1.87. The number of rotatable bonds is 2. The average Bonchev–Trinajstić information content (AvgIpc) is 2.30.